The van der Waals surface area contributed by atoms with Crippen molar-refractivity contribution < 1.29 is 18.8 Å². The van der Waals surface area contributed by atoms with Crippen LogP contribution in [0.1, 0.15) is 23.2 Å². The summed E-state index contributed by atoms with van der Waals surface area (Å²) < 4.78 is 15.5. The van der Waals surface area contributed by atoms with Gasteiger partial charge in [-0.1, -0.05) is 17.3 Å². The van der Waals surface area contributed by atoms with Gasteiger partial charge in [-0.2, -0.15) is 4.98 Å². The molecule has 0 radical (unpaired) electrons. The fourth-order valence-electron chi connectivity index (χ4n) is 2.27. The van der Waals surface area contributed by atoms with Crippen molar-refractivity contribution in [2.24, 2.45) is 0 Å². The molecule has 2 heterocycles. The molecule has 1 N–H and O–H groups in total. The Labute approximate surface area is 137 Å². The molecule has 8 nitrogen and oxygen atoms in total. The lowest BCUT2D eigenvalue weighted by Gasteiger charge is -2.11. The van der Waals surface area contributed by atoms with Gasteiger partial charge in [0, 0.05) is 0 Å². The first-order chi connectivity index (χ1) is 11.6. The molecule has 1 aromatic carbocycles. The lowest BCUT2D eigenvalue weighted by molar-refractivity contribution is 0.0517. The predicted octanol–water partition coefficient (Wildman–Crippen LogP) is 2.86. The van der Waals surface area contributed by atoms with Gasteiger partial charge in [0.25, 0.3) is 5.71 Å². The first-order valence-electron chi connectivity index (χ1n) is 7.35. The Kier molecular flexibility index (Phi) is 4.28. The Morgan fingerprint density at radius 3 is 2.83 bits per heavy atom. The van der Waals surface area contributed by atoms with E-state index in [9.17, 15) is 4.79 Å². The maximum atomic E-state index is 12.1. The molecule has 0 bridgehead atoms. The van der Waals surface area contributed by atoms with E-state index >= 15 is 0 Å². The van der Waals surface area contributed by atoms with E-state index in [4.69, 9.17) is 14.0 Å². The number of esters is 1. The lowest BCUT2D eigenvalue weighted by atomic mass is 10.2. The molecule has 3 rings (SSSR count). The topological polar surface area (TPSA) is 99.4 Å². The third kappa shape index (κ3) is 2.85. The number of carbonyl (C=O) groups is 1. The first kappa shape index (κ1) is 15.7. The highest BCUT2D eigenvalue weighted by molar-refractivity contribution is 6.05. The molecule has 0 aliphatic carbocycles. The summed E-state index contributed by atoms with van der Waals surface area (Å²) in [6.07, 6.45) is 0. The molecule has 2 aromatic heterocycles. The molecule has 0 saturated carbocycles. The minimum Gasteiger partial charge on any atom is -0.495 e. The molecule has 0 unspecified atom stereocenters. The molecule has 124 valence electrons. The zero-order valence-electron chi connectivity index (χ0n) is 13.5. The molecule has 8 heteroatoms. The van der Waals surface area contributed by atoms with Crippen LogP contribution < -0.4 is 10.1 Å². The van der Waals surface area contributed by atoms with Crippen molar-refractivity contribution in [3.8, 4) is 5.75 Å². The number of ether oxygens (including phenoxy) is 2. The third-order valence-corrected chi connectivity index (χ3v) is 3.28. The summed E-state index contributed by atoms with van der Waals surface area (Å²) in [7, 11) is 1.57. The zero-order chi connectivity index (χ0) is 17.1. The summed E-state index contributed by atoms with van der Waals surface area (Å²) in [5.41, 5.74) is 0.933. The third-order valence-electron chi connectivity index (χ3n) is 3.28. The second kappa shape index (κ2) is 6.53. The van der Waals surface area contributed by atoms with Crippen molar-refractivity contribution in [1.82, 2.24) is 15.1 Å². The van der Waals surface area contributed by atoms with E-state index in [-0.39, 0.29) is 18.0 Å². The van der Waals surface area contributed by atoms with Crippen molar-refractivity contribution in [1.29, 1.82) is 0 Å². The molecule has 0 fully saturated rings. The number of rotatable bonds is 5. The highest BCUT2D eigenvalue weighted by atomic mass is 16.5. The Hall–Kier alpha value is -3.16. The molecular formula is C16H16N4O4. The van der Waals surface area contributed by atoms with Crippen LogP contribution in [0.2, 0.25) is 0 Å². The maximum Gasteiger partial charge on any atom is 0.361 e. The number of carbonyl (C=O) groups excluding carboxylic acids is 1. The van der Waals surface area contributed by atoms with E-state index in [1.54, 1.807) is 21.0 Å². The van der Waals surface area contributed by atoms with Crippen molar-refractivity contribution in [3.05, 3.63) is 35.8 Å². The second-order valence-electron chi connectivity index (χ2n) is 4.88. The molecule has 3 aromatic rings. The van der Waals surface area contributed by atoms with Gasteiger partial charge in [0.05, 0.1) is 19.4 Å². The first-order valence-corrected chi connectivity index (χ1v) is 7.35. The highest BCUT2D eigenvalue weighted by Gasteiger charge is 2.23. The Morgan fingerprint density at radius 2 is 2.08 bits per heavy atom. The molecule has 0 aliphatic heterocycles. The number of hydrogen-bond acceptors (Lipinski definition) is 8. The molecule has 0 saturated heterocycles. The molecule has 0 atom stereocenters. The van der Waals surface area contributed by atoms with Crippen LogP contribution in [-0.2, 0) is 4.74 Å². The fourth-order valence-corrected chi connectivity index (χ4v) is 2.27. The second-order valence-corrected chi connectivity index (χ2v) is 4.88. The normalized spacial score (nSPS) is 10.6. The molecular weight excluding hydrogens is 312 g/mol. The van der Waals surface area contributed by atoms with Crippen LogP contribution in [0, 0.1) is 6.92 Å². The van der Waals surface area contributed by atoms with Crippen LogP contribution in [0.3, 0.4) is 0 Å². The number of anilines is 2. The van der Waals surface area contributed by atoms with Crippen molar-refractivity contribution >= 4 is 28.6 Å². The number of aromatic nitrogens is 3. The summed E-state index contributed by atoms with van der Waals surface area (Å²) in [5, 5.41) is 7.29. The number of para-hydroxylation sites is 2. The monoisotopic (exact) mass is 328 g/mol. The van der Waals surface area contributed by atoms with E-state index in [0.717, 1.165) is 0 Å². The standard InChI is InChI=1S/C16H16N4O4/c1-4-23-16(21)13-12-14(17-9(2)18-15(12)24-20-13)19-10-7-5-6-8-11(10)22-3/h5-8H,4H2,1-3H3,(H,17,18,19). The van der Waals surface area contributed by atoms with Crippen LogP contribution in [0.4, 0.5) is 11.5 Å². The number of benzene rings is 1. The lowest BCUT2D eigenvalue weighted by Crippen LogP contribution is -2.07. The summed E-state index contributed by atoms with van der Waals surface area (Å²) in [6.45, 7) is 3.67. The number of fused-ring (bicyclic) bond motifs is 1. The average Bonchev–Trinajstić information content (AvgIpc) is 2.99. The van der Waals surface area contributed by atoms with Crippen molar-refractivity contribution in [3.63, 3.8) is 0 Å². The van der Waals surface area contributed by atoms with Crippen LogP contribution in [0.5, 0.6) is 5.75 Å². The summed E-state index contributed by atoms with van der Waals surface area (Å²) in [5.74, 6) is 0.917. The van der Waals surface area contributed by atoms with Gasteiger partial charge in [-0.3, -0.25) is 0 Å². The molecule has 24 heavy (non-hydrogen) atoms. The van der Waals surface area contributed by atoms with Crippen molar-refractivity contribution in [2.45, 2.75) is 13.8 Å². The van der Waals surface area contributed by atoms with Crippen LogP contribution in [-0.4, -0.2) is 34.8 Å². The highest BCUT2D eigenvalue weighted by Crippen LogP contribution is 2.31. The number of nitrogens with zero attached hydrogens (tertiary/aromatic N) is 3. The zero-order valence-corrected chi connectivity index (χ0v) is 13.5. The Morgan fingerprint density at radius 1 is 1.29 bits per heavy atom. The van der Waals surface area contributed by atoms with E-state index in [2.05, 4.69) is 20.4 Å². The predicted molar refractivity (Wildman–Crippen MR) is 86.6 cm³/mol. The number of hydrogen-bond donors (Lipinski definition) is 1. The van der Waals surface area contributed by atoms with E-state index in [0.29, 0.717) is 28.5 Å². The van der Waals surface area contributed by atoms with E-state index in [1.165, 1.54) is 0 Å². The largest absolute Gasteiger partial charge is 0.495 e. The van der Waals surface area contributed by atoms with Gasteiger partial charge < -0.3 is 19.3 Å². The van der Waals surface area contributed by atoms with Gasteiger partial charge in [-0.05, 0) is 26.0 Å². The van der Waals surface area contributed by atoms with Gasteiger partial charge in [-0.15, -0.1) is 0 Å². The Bertz CT molecular complexity index is 891. The minimum atomic E-state index is -0.591. The average molecular weight is 328 g/mol. The van der Waals surface area contributed by atoms with E-state index in [1.807, 2.05) is 24.3 Å². The number of nitrogens with one attached hydrogen (secondary N) is 1. The SMILES string of the molecule is CCOC(=O)c1noc2nc(C)nc(Nc3ccccc3OC)c12. The summed E-state index contributed by atoms with van der Waals surface area (Å²) in [4.78, 5) is 20.6. The van der Waals surface area contributed by atoms with Gasteiger partial charge in [0.15, 0.2) is 0 Å². The van der Waals surface area contributed by atoms with Gasteiger partial charge in [-0.25, -0.2) is 9.78 Å². The van der Waals surface area contributed by atoms with Crippen LogP contribution in [0.15, 0.2) is 28.8 Å². The minimum absolute atomic E-state index is 0.0317. The summed E-state index contributed by atoms with van der Waals surface area (Å²) in [6, 6.07) is 7.36. The Balaban J connectivity index is 2.12. The number of aryl methyl sites for hydroxylation is 1. The molecule has 0 aliphatic rings. The van der Waals surface area contributed by atoms with Gasteiger partial charge in [0.1, 0.15) is 22.8 Å². The quantitative estimate of drug-likeness (QED) is 0.714. The molecule has 0 amide bonds. The fraction of sp³-hybridized carbons (Fsp3) is 0.250. The summed E-state index contributed by atoms with van der Waals surface area (Å²) >= 11 is 0. The van der Waals surface area contributed by atoms with Gasteiger partial charge in [0.2, 0.25) is 5.69 Å². The number of methoxy groups -OCH3 is 1. The molecule has 0 spiro atoms. The van der Waals surface area contributed by atoms with E-state index < -0.39 is 5.97 Å². The van der Waals surface area contributed by atoms with Crippen molar-refractivity contribution in [2.75, 3.05) is 19.0 Å². The maximum absolute atomic E-state index is 12.1. The van der Waals surface area contributed by atoms with Crippen LogP contribution >= 0.6 is 0 Å². The van der Waals surface area contributed by atoms with Gasteiger partial charge >= 0.3 is 5.97 Å². The van der Waals surface area contributed by atoms with Crippen LogP contribution in [0.25, 0.3) is 11.1 Å². The smallest absolute Gasteiger partial charge is 0.361 e.